The second-order valence-corrected chi connectivity index (χ2v) is 10.5. The molecule has 1 aliphatic carbocycles. The minimum Gasteiger partial charge on any atom is -0.376 e. The second kappa shape index (κ2) is 6.11. The van der Waals surface area contributed by atoms with E-state index in [0.717, 1.165) is 32.5 Å². The van der Waals surface area contributed by atoms with Gasteiger partial charge in [-0.1, -0.05) is 0 Å². The first-order valence-corrected chi connectivity index (χ1v) is 10.8. The number of sulfonamides is 1. The third-order valence-corrected chi connectivity index (χ3v) is 8.10. The van der Waals surface area contributed by atoms with Crippen LogP contribution in [-0.4, -0.2) is 50.9 Å². The lowest BCUT2D eigenvalue weighted by Crippen LogP contribution is -2.35. The maximum Gasteiger partial charge on any atom is 0.214 e. The molecule has 0 spiro atoms. The van der Waals surface area contributed by atoms with Gasteiger partial charge in [0.05, 0.1) is 18.0 Å². The van der Waals surface area contributed by atoms with E-state index in [9.17, 15) is 8.42 Å². The highest BCUT2D eigenvalue weighted by Crippen LogP contribution is 2.35. The van der Waals surface area contributed by atoms with Gasteiger partial charge < -0.3 is 4.74 Å². The fourth-order valence-corrected chi connectivity index (χ4v) is 6.10. The molecule has 0 aromatic carbocycles. The van der Waals surface area contributed by atoms with Gasteiger partial charge in [0.15, 0.2) is 0 Å². The summed E-state index contributed by atoms with van der Waals surface area (Å²) in [5.74, 6) is 0.765. The highest BCUT2D eigenvalue weighted by Gasteiger charge is 2.44. The Balaban J connectivity index is 1.32. The number of ether oxygens (including phenoxy) is 1. The fraction of sp³-hybridized carbons (Fsp3) is 0.750. The van der Waals surface area contributed by atoms with E-state index in [4.69, 9.17) is 4.74 Å². The molecule has 4 rings (SSSR count). The molecule has 128 valence electrons. The topological polar surface area (TPSA) is 58.6 Å². The molecule has 3 aliphatic rings. The molecule has 23 heavy (non-hydrogen) atoms. The first-order valence-electron chi connectivity index (χ1n) is 8.39. The van der Waals surface area contributed by atoms with Crippen LogP contribution in [0, 0.1) is 18.8 Å². The van der Waals surface area contributed by atoms with Crippen LogP contribution in [0.3, 0.4) is 0 Å². The molecule has 5 nitrogen and oxygen atoms in total. The molecule has 3 fully saturated rings. The van der Waals surface area contributed by atoms with Crippen LogP contribution in [0.1, 0.15) is 22.6 Å². The number of hydrogen-bond donors (Lipinski definition) is 1. The molecule has 1 saturated carbocycles. The van der Waals surface area contributed by atoms with Crippen LogP contribution in [0.15, 0.2) is 12.1 Å². The van der Waals surface area contributed by atoms with Crippen molar-refractivity contribution in [2.24, 2.45) is 11.8 Å². The quantitative estimate of drug-likeness (QED) is 0.841. The number of nitrogens with one attached hydrogen (secondary N) is 1. The van der Waals surface area contributed by atoms with E-state index < -0.39 is 10.0 Å². The summed E-state index contributed by atoms with van der Waals surface area (Å²) in [6, 6.07) is 4.37. The molecule has 0 unspecified atom stereocenters. The maximum atomic E-state index is 12.0. The van der Waals surface area contributed by atoms with Crippen molar-refractivity contribution in [3.05, 3.63) is 21.9 Å². The van der Waals surface area contributed by atoms with Gasteiger partial charge in [0, 0.05) is 47.8 Å². The normalized spacial score (nSPS) is 31.6. The molecular weight excluding hydrogens is 332 g/mol. The van der Waals surface area contributed by atoms with Gasteiger partial charge in [-0.3, -0.25) is 4.90 Å². The van der Waals surface area contributed by atoms with Gasteiger partial charge >= 0.3 is 0 Å². The summed E-state index contributed by atoms with van der Waals surface area (Å²) in [4.78, 5) is 5.19. The molecule has 0 radical (unpaired) electrons. The summed E-state index contributed by atoms with van der Waals surface area (Å²) in [5.41, 5.74) is 0. The minimum absolute atomic E-state index is 0.136. The van der Waals surface area contributed by atoms with Gasteiger partial charge in [-0.15, -0.1) is 11.3 Å². The third kappa shape index (κ3) is 3.49. The lowest BCUT2D eigenvalue weighted by atomic mass is 9.93. The van der Waals surface area contributed by atoms with Gasteiger partial charge in [-0.05, 0) is 31.9 Å². The van der Waals surface area contributed by atoms with E-state index in [1.807, 2.05) is 11.3 Å². The van der Waals surface area contributed by atoms with Crippen LogP contribution in [-0.2, 0) is 21.3 Å². The van der Waals surface area contributed by atoms with Gasteiger partial charge in [0.25, 0.3) is 0 Å². The van der Waals surface area contributed by atoms with E-state index in [2.05, 4.69) is 28.7 Å². The first kappa shape index (κ1) is 16.0. The number of fused-ring (bicyclic) bond motifs is 1. The maximum absolute atomic E-state index is 12.0. The smallest absolute Gasteiger partial charge is 0.214 e. The fourth-order valence-electron chi connectivity index (χ4n) is 3.73. The van der Waals surface area contributed by atoms with Crippen LogP contribution >= 0.6 is 11.3 Å². The average molecular weight is 357 g/mol. The number of hydrogen-bond acceptors (Lipinski definition) is 5. The average Bonchev–Trinajstić information content (AvgIpc) is 3.05. The lowest BCUT2D eigenvalue weighted by Gasteiger charge is -2.19. The van der Waals surface area contributed by atoms with Crippen LogP contribution in [0.25, 0.3) is 0 Å². The largest absolute Gasteiger partial charge is 0.376 e. The van der Waals surface area contributed by atoms with Crippen LogP contribution in [0.4, 0.5) is 0 Å². The van der Waals surface area contributed by atoms with Crippen LogP contribution in [0.2, 0.25) is 0 Å². The summed E-state index contributed by atoms with van der Waals surface area (Å²) >= 11 is 1.85. The van der Waals surface area contributed by atoms with Crippen molar-refractivity contribution in [2.75, 3.05) is 26.2 Å². The molecule has 1 aromatic rings. The molecule has 0 amide bonds. The standard InChI is InChI=1S/C16H24N2O3S2/c1-11-2-3-13(22-11)7-18-8-15-12(10-21-16(15)9-18)6-17-23(19,20)14-4-5-14/h2-3,12,14-17H,4-10H2,1H3/t12-,15-,16-/m1/s1. The molecule has 2 saturated heterocycles. The van der Waals surface area contributed by atoms with Crippen molar-refractivity contribution in [1.29, 1.82) is 0 Å². The van der Waals surface area contributed by atoms with E-state index >= 15 is 0 Å². The molecule has 2 aliphatic heterocycles. The Morgan fingerprint density at radius 3 is 2.87 bits per heavy atom. The van der Waals surface area contributed by atoms with Crippen molar-refractivity contribution < 1.29 is 13.2 Å². The SMILES string of the molecule is Cc1ccc(CN2C[C@@H]3[C@H](CNS(=O)(=O)C4CC4)CO[C@@H]3C2)s1. The zero-order chi connectivity index (χ0) is 16.0. The zero-order valence-corrected chi connectivity index (χ0v) is 15.0. The molecule has 3 atom stereocenters. The summed E-state index contributed by atoms with van der Waals surface area (Å²) in [6.07, 6.45) is 1.90. The number of thiophene rings is 1. The summed E-state index contributed by atoms with van der Waals surface area (Å²) in [6.45, 7) is 6.32. The summed E-state index contributed by atoms with van der Waals surface area (Å²) in [5, 5.41) is -0.136. The van der Waals surface area contributed by atoms with Crippen LogP contribution in [0.5, 0.6) is 0 Å². The Labute approximate surface area is 142 Å². The minimum atomic E-state index is -3.08. The highest BCUT2D eigenvalue weighted by atomic mass is 32.2. The van der Waals surface area contributed by atoms with Crippen LogP contribution < -0.4 is 4.72 Å². The van der Waals surface area contributed by atoms with Crippen molar-refractivity contribution in [1.82, 2.24) is 9.62 Å². The van der Waals surface area contributed by atoms with Crippen molar-refractivity contribution in [2.45, 2.75) is 37.7 Å². The second-order valence-electron chi connectivity index (χ2n) is 7.09. The molecule has 0 bridgehead atoms. The molecule has 7 heteroatoms. The molecule has 3 heterocycles. The first-order chi connectivity index (χ1) is 11.0. The van der Waals surface area contributed by atoms with E-state index in [-0.39, 0.29) is 11.4 Å². The van der Waals surface area contributed by atoms with Crippen molar-refractivity contribution in [3.8, 4) is 0 Å². The number of aryl methyl sites for hydroxylation is 1. The number of rotatable bonds is 6. The van der Waals surface area contributed by atoms with Gasteiger partial charge in [-0.2, -0.15) is 0 Å². The summed E-state index contributed by atoms with van der Waals surface area (Å²) in [7, 11) is -3.08. The van der Waals surface area contributed by atoms with E-state index in [0.29, 0.717) is 25.0 Å². The van der Waals surface area contributed by atoms with Crippen molar-refractivity contribution in [3.63, 3.8) is 0 Å². The summed E-state index contributed by atoms with van der Waals surface area (Å²) < 4.78 is 32.7. The Bertz CT molecular complexity index is 669. The van der Waals surface area contributed by atoms with Gasteiger partial charge in [0.2, 0.25) is 10.0 Å². The monoisotopic (exact) mass is 356 g/mol. The van der Waals surface area contributed by atoms with Crippen molar-refractivity contribution >= 4 is 21.4 Å². The molecule has 1 aromatic heterocycles. The Kier molecular flexibility index (Phi) is 4.26. The lowest BCUT2D eigenvalue weighted by molar-refractivity contribution is 0.0944. The Morgan fingerprint density at radius 1 is 1.35 bits per heavy atom. The van der Waals surface area contributed by atoms with Gasteiger partial charge in [0.1, 0.15) is 0 Å². The Hall–Kier alpha value is -0.470. The van der Waals surface area contributed by atoms with E-state index in [1.165, 1.54) is 9.75 Å². The molecule has 1 N–H and O–H groups in total. The van der Waals surface area contributed by atoms with E-state index in [1.54, 1.807) is 0 Å². The third-order valence-electron chi connectivity index (χ3n) is 5.20. The zero-order valence-electron chi connectivity index (χ0n) is 13.4. The molecular formula is C16H24N2O3S2. The number of nitrogens with zero attached hydrogens (tertiary/aromatic N) is 1. The Morgan fingerprint density at radius 2 is 2.17 bits per heavy atom. The van der Waals surface area contributed by atoms with Gasteiger partial charge in [-0.25, -0.2) is 13.1 Å². The highest BCUT2D eigenvalue weighted by molar-refractivity contribution is 7.90. The predicted octanol–water partition coefficient (Wildman–Crippen LogP) is 1.59. The predicted molar refractivity (Wildman–Crippen MR) is 91.0 cm³/mol. The number of likely N-dealkylation sites (tertiary alicyclic amines) is 1.